The van der Waals surface area contributed by atoms with Crippen molar-refractivity contribution in [1.82, 2.24) is 0 Å². The second-order valence-electron chi connectivity index (χ2n) is 3.62. The maximum atomic E-state index is 11.6. The Labute approximate surface area is 95.0 Å². The zero-order valence-electron chi connectivity index (χ0n) is 9.95. The van der Waals surface area contributed by atoms with E-state index in [-0.39, 0.29) is 19.3 Å². The fourth-order valence-electron chi connectivity index (χ4n) is 1.49. The SMILES string of the molecule is CCC(=O)C(N)C(O)(C(=O)CC)C(=O)CC. The molecule has 0 amide bonds. The summed E-state index contributed by atoms with van der Waals surface area (Å²) in [6.45, 7) is 4.59. The van der Waals surface area contributed by atoms with Gasteiger partial charge in [0.2, 0.25) is 5.60 Å². The summed E-state index contributed by atoms with van der Waals surface area (Å²) in [5.74, 6) is -1.89. The lowest BCUT2D eigenvalue weighted by molar-refractivity contribution is -0.156. The van der Waals surface area contributed by atoms with Crippen molar-refractivity contribution in [2.75, 3.05) is 0 Å². The van der Waals surface area contributed by atoms with Gasteiger partial charge in [0.25, 0.3) is 0 Å². The summed E-state index contributed by atoms with van der Waals surface area (Å²) in [6.07, 6.45) is 0.0112. The van der Waals surface area contributed by atoms with Crippen molar-refractivity contribution < 1.29 is 19.5 Å². The number of rotatable bonds is 7. The maximum Gasteiger partial charge on any atom is 0.203 e. The Kier molecular flexibility index (Phi) is 5.47. The van der Waals surface area contributed by atoms with E-state index in [4.69, 9.17) is 5.73 Å². The van der Waals surface area contributed by atoms with Crippen LogP contribution in [0.3, 0.4) is 0 Å². The molecule has 5 nitrogen and oxygen atoms in total. The molecule has 0 aromatic heterocycles. The van der Waals surface area contributed by atoms with E-state index in [0.717, 1.165) is 0 Å². The third-order valence-electron chi connectivity index (χ3n) is 2.64. The van der Waals surface area contributed by atoms with Crippen LogP contribution in [0.2, 0.25) is 0 Å². The lowest BCUT2D eigenvalue weighted by Crippen LogP contribution is -2.62. The minimum atomic E-state index is -2.35. The first-order chi connectivity index (χ1) is 7.35. The Morgan fingerprint density at radius 1 is 1.06 bits per heavy atom. The van der Waals surface area contributed by atoms with Crippen LogP contribution in [-0.4, -0.2) is 34.1 Å². The topological polar surface area (TPSA) is 97.5 Å². The minimum absolute atomic E-state index is 0.0348. The van der Waals surface area contributed by atoms with Crippen LogP contribution in [0.25, 0.3) is 0 Å². The largest absolute Gasteiger partial charge is 0.373 e. The molecule has 0 spiro atoms. The number of carbonyl (C=O) groups excluding carboxylic acids is 3. The molecule has 0 fully saturated rings. The van der Waals surface area contributed by atoms with Crippen molar-refractivity contribution >= 4 is 17.3 Å². The molecule has 0 rings (SSSR count). The quantitative estimate of drug-likeness (QED) is 0.598. The molecule has 0 aliphatic heterocycles. The number of hydrogen-bond donors (Lipinski definition) is 2. The van der Waals surface area contributed by atoms with Crippen LogP contribution in [0.4, 0.5) is 0 Å². The van der Waals surface area contributed by atoms with E-state index >= 15 is 0 Å². The van der Waals surface area contributed by atoms with Crippen molar-refractivity contribution in [3.05, 3.63) is 0 Å². The number of Topliss-reactive ketones (excluding diaryl/α,β-unsaturated/α-hetero) is 3. The highest BCUT2D eigenvalue weighted by molar-refractivity contribution is 6.14. The Morgan fingerprint density at radius 2 is 1.44 bits per heavy atom. The zero-order chi connectivity index (χ0) is 12.9. The van der Waals surface area contributed by atoms with E-state index < -0.39 is 29.0 Å². The van der Waals surface area contributed by atoms with Crippen molar-refractivity contribution in [3.63, 3.8) is 0 Å². The average molecular weight is 229 g/mol. The highest BCUT2D eigenvalue weighted by atomic mass is 16.3. The van der Waals surface area contributed by atoms with E-state index in [1.54, 1.807) is 6.92 Å². The molecule has 0 aromatic rings. The molecule has 3 N–H and O–H groups in total. The first-order valence-electron chi connectivity index (χ1n) is 5.43. The molecule has 0 radical (unpaired) electrons. The summed E-state index contributed by atoms with van der Waals surface area (Å²) in [5, 5.41) is 10.1. The van der Waals surface area contributed by atoms with Crippen LogP contribution in [0.5, 0.6) is 0 Å². The highest BCUT2D eigenvalue weighted by Gasteiger charge is 2.49. The van der Waals surface area contributed by atoms with Gasteiger partial charge in [-0.1, -0.05) is 20.8 Å². The molecule has 16 heavy (non-hydrogen) atoms. The highest BCUT2D eigenvalue weighted by Crippen LogP contribution is 2.18. The van der Waals surface area contributed by atoms with Crippen molar-refractivity contribution in [2.45, 2.75) is 51.7 Å². The Balaban J connectivity index is 5.31. The average Bonchev–Trinajstić information content (AvgIpc) is 2.33. The van der Waals surface area contributed by atoms with Crippen LogP contribution >= 0.6 is 0 Å². The molecule has 0 aromatic carbocycles. The van der Waals surface area contributed by atoms with Gasteiger partial charge >= 0.3 is 0 Å². The second kappa shape index (κ2) is 5.86. The number of hydrogen-bond acceptors (Lipinski definition) is 5. The van der Waals surface area contributed by atoms with Gasteiger partial charge in [-0.2, -0.15) is 0 Å². The third kappa shape index (κ3) is 2.54. The number of nitrogens with two attached hydrogens (primary N) is 1. The summed E-state index contributed by atoms with van der Waals surface area (Å²) in [7, 11) is 0. The van der Waals surface area contributed by atoms with Gasteiger partial charge in [0.05, 0.1) is 0 Å². The van der Waals surface area contributed by atoms with E-state index in [1.165, 1.54) is 13.8 Å². The first-order valence-corrected chi connectivity index (χ1v) is 5.43. The summed E-state index contributed by atoms with van der Waals surface area (Å²) < 4.78 is 0. The molecule has 0 aliphatic carbocycles. The molecular weight excluding hydrogens is 210 g/mol. The van der Waals surface area contributed by atoms with Gasteiger partial charge in [0.15, 0.2) is 17.3 Å². The molecule has 92 valence electrons. The van der Waals surface area contributed by atoms with Crippen LogP contribution < -0.4 is 5.73 Å². The third-order valence-corrected chi connectivity index (χ3v) is 2.64. The Bertz CT molecular complexity index is 282. The van der Waals surface area contributed by atoms with Crippen molar-refractivity contribution in [3.8, 4) is 0 Å². The number of aliphatic hydroxyl groups is 1. The van der Waals surface area contributed by atoms with E-state index in [0.29, 0.717) is 0 Å². The molecule has 1 atom stereocenters. The fraction of sp³-hybridized carbons (Fsp3) is 0.727. The maximum absolute atomic E-state index is 11.6. The smallest absolute Gasteiger partial charge is 0.203 e. The molecule has 0 bridgehead atoms. The fourth-order valence-corrected chi connectivity index (χ4v) is 1.49. The van der Waals surface area contributed by atoms with Gasteiger partial charge in [-0.25, -0.2) is 0 Å². The summed E-state index contributed by atoms with van der Waals surface area (Å²) >= 11 is 0. The van der Waals surface area contributed by atoms with E-state index in [1.807, 2.05) is 0 Å². The summed E-state index contributed by atoms with van der Waals surface area (Å²) in [6, 6.07) is -1.46. The standard InChI is InChI=1S/C11H19NO4/c1-4-7(13)10(12)11(16,8(14)5-2)9(15)6-3/h10,16H,4-6,12H2,1-3H3. The van der Waals surface area contributed by atoms with Crippen molar-refractivity contribution in [2.24, 2.45) is 5.73 Å². The van der Waals surface area contributed by atoms with Crippen LogP contribution in [0.15, 0.2) is 0 Å². The molecule has 0 saturated carbocycles. The molecule has 0 heterocycles. The van der Waals surface area contributed by atoms with Gasteiger partial charge in [-0.15, -0.1) is 0 Å². The first kappa shape index (κ1) is 14.9. The normalized spacial score (nSPS) is 13.3. The van der Waals surface area contributed by atoms with Gasteiger partial charge in [0.1, 0.15) is 6.04 Å². The molecule has 1 unspecified atom stereocenters. The van der Waals surface area contributed by atoms with E-state index in [9.17, 15) is 19.5 Å². The molecule has 0 saturated heterocycles. The molecule has 0 aliphatic rings. The van der Waals surface area contributed by atoms with Crippen LogP contribution in [0.1, 0.15) is 40.0 Å². The zero-order valence-corrected chi connectivity index (χ0v) is 9.95. The second-order valence-corrected chi connectivity index (χ2v) is 3.62. The molecular formula is C11H19NO4. The lowest BCUT2D eigenvalue weighted by atomic mass is 9.81. The number of carbonyl (C=O) groups is 3. The van der Waals surface area contributed by atoms with E-state index in [2.05, 4.69) is 0 Å². The Morgan fingerprint density at radius 3 is 1.69 bits per heavy atom. The van der Waals surface area contributed by atoms with Gasteiger partial charge in [-0.05, 0) is 0 Å². The van der Waals surface area contributed by atoms with Gasteiger partial charge in [-0.3, -0.25) is 14.4 Å². The Hall–Kier alpha value is -1.07. The van der Waals surface area contributed by atoms with Gasteiger partial charge < -0.3 is 10.8 Å². The van der Waals surface area contributed by atoms with Crippen molar-refractivity contribution in [1.29, 1.82) is 0 Å². The van der Waals surface area contributed by atoms with Crippen LogP contribution in [-0.2, 0) is 14.4 Å². The van der Waals surface area contributed by atoms with Gasteiger partial charge in [0, 0.05) is 19.3 Å². The predicted molar refractivity (Wildman–Crippen MR) is 58.8 cm³/mol. The monoisotopic (exact) mass is 229 g/mol. The van der Waals surface area contributed by atoms with Crippen LogP contribution in [0, 0.1) is 0 Å². The molecule has 5 heteroatoms. The predicted octanol–water partition coefficient (Wildman–Crippen LogP) is -0.0179. The summed E-state index contributed by atoms with van der Waals surface area (Å²) in [5.41, 5.74) is 3.17. The minimum Gasteiger partial charge on any atom is -0.373 e. The number of ketones is 3. The lowest BCUT2D eigenvalue weighted by Gasteiger charge is -2.29. The summed E-state index contributed by atoms with van der Waals surface area (Å²) in [4.78, 5) is 34.6.